The molecule has 0 spiro atoms. The molecule has 2 aromatic rings. The Morgan fingerprint density at radius 3 is 2.57 bits per heavy atom. The zero-order valence-corrected chi connectivity index (χ0v) is 26.5. The largest absolute Gasteiger partial charge is 0.472 e. The molecule has 1 amide bonds. The summed E-state index contributed by atoms with van der Waals surface area (Å²) in [7, 11) is 0. The summed E-state index contributed by atoms with van der Waals surface area (Å²) in [5.74, 6) is 1.24. The van der Waals surface area contributed by atoms with Gasteiger partial charge in [0.2, 0.25) is 5.88 Å². The van der Waals surface area contributed by atoms with Gasteiger partial charge < -0.3 is 28.7 Å². The van der Waals surface area contributed by atoms with Crippen molar-refractivity contribution in [2.24, 2.45) is 17.3 Å². The highest BCUT2D eigenvalue weighted by molar-refractivity contribution is 6.30. The van der Waals surface area contributed by atoms with Crippen molar-refractivity contribution in [2.75, 3.05) is 50.9 Å². The molecule has 6 atom stereocenters. The first-order valence-electron chi connectivity index (χ1n) is 15.9. The molecule has 0 aromatic carbocycles. The molecule has 8 rings (SSSR count). The lowest BCUT2D eigenvalue weighted by molar-refractivity contribution is 0.000936. The van der Waals surface area contributed by atoms with Crippen molar-refractivity contribution in [2.45, 2.75) is 83.2 Å². The lowest BCUT2D eigenvalue weighted by Crippen LogP contribution is -2.65. The summed E-state index contributed by atoms with van der Waals surface area (Å²) in [6.07, 6.45) is 3.04. The van der Waals surface area contributed by atoms with E-state index in [0.29, 0.717) is 36.2 Å². The van der Waals surface area contributed by atoms with Gasteiger partial charge in [0.15, 0.2) is 11.0 Å². The van der Waals surface area contributed by atoms with Crippen LogP contribution in [0.5, 0.6) is 11.9 Å². The molecular formula is C31H40ClFN6O5. The van der Waals surface area contributed by atoms with Crippen LogP contribution in [-0.4, -0.2) is 107 Å². The van der Waals surface area contributed by atoms with E-state index >= 15 is 4.39 Å². The van der Waals surface area contributed by atoms with E-state index in [2.05, 4.69) is 19.8 Å². The number of carbonyl (C=O) groups excluding carboxylic acids is 1. The number of halogens is 2. The average Bonchev–Trinajstić information content (AvgIpc) is 3.26. The molecule has 2 aromatic heterocycles. The lowest BCUT2D eigenvalue weighted by Gasteiger charge is -2.48. The Balaban J connectivity index is 1.10. The molecule has 5 aliphatic heterocycles. The average molecular weight is 631 g/mol. The van der Waals surface area contributed by atoms with Crippen molar-refractivity contribution in [3.8, 4) is 11.9 Å². The minimum Gasteiger partial charge on any atom is -0.472 e. The Kier molecular flexibility index (Phi) is 6.63. The van der Waals surface area contributed by atoms with Crippen molar-refractivity contribution in [3.05, 3.63) is 11.0 Å². The number of hydrogen-bond acceptors (Lipinski definition) is 10. The summed E-state index contributed by atoms with van der Waals surface area (Å²) in [4.78, 5) is 33.7. The second-order valence-corrected chi connectivity index (χ2v) is 15.1. The molecule has 13 heteroatoms. The van der Waals surface area contributed by atoms with Crippen molar-refractivity contribution < 1.29 is 28.1 Å². The number of carbonyl (C=O) groups is 1. The molecule has 11 nitrogen and oxygen atoms in total. The van der Waals surface area contributed by atoms with Gasteiger partial charge in [-0.1, -0.05) is 11.6 Å². The first kappa shape index (κ1) is 28.8. The van der Waals surface area contributed by atoms with Crippen LogP contribution in [0.2, 0.25) is 5.15 Å². The van der Waals surface area contributed by atoms with Crippen LogP contribution in [0.4, 0.5) is 15.0 Å². The van der Waals surface area contributed by atoms with Crippen molar-refractivity contribution in [3.63, 3.8) is 0 Å². The molecule has 2 bridgehead atoms. The summed E-state index contributed by atoms with van der Waals surface area (Å²) < 4.78 is 39.8. The molecule has 5 fully saturated rings. The number of amides is 1. The van der Waals surface area contributed by atoms with Crippen LogP contribution in [0.3, 0.4) is 0 Å². The molecule has 44 heavy (non-hydrogen) atoms. The van der Waals surface area contributed by atoms with E-state index in [-0.39, 0.29) is 52.2 Å². The Morgan fingerprint density at radius 2 is 1.86 bits per heavy atom. The molecule has 1 aliphatic carbocycles. The molecule has 2 unspecified atom stereocenters. The van der Waals surface area contributed by atoms with Gasteiger partial charge in [-0.15, -0.1) is 0 Å². The van der Waals surface area contributed by atoms with Gasteiger partial charge in [-0.05, 0) is 53.4 Å². The zero-order chi connectivity index (χ0) is 30.5. The summed E-state index contributed by atoms with van der Waals surface area (Å²) >= 11 is 6.27. The topological polar surface area (TPSA) is 102 Å². The standard InChI is InChI=1S/C31H40ClFN6O5/c1-16-24-20-6-5-19(39(20)29(40)44-30(2,3)4)11-38(24)26-21-23(22(33)25(32)35-27(21)43-16)34-28(36-26)42-15-31(7-8-31)14-37-9-17-12-41-13-18(17)10-37/h16-20,24H,5-15H2,1-4H3/t16-,17?,18?,19+,20-,24+/m0/s1. The number of piperazine rings is 1. The van der Waals surface area contributed by atoms with Gasteiger partial charge in [0.05, 0.1) is 37.9 Å². The molecule has 238 valence electrons. The van der Waals surface area contributed by atoms with Gasteiger partial charge in [0.25, 0.3) is 0 Å². The van der Waals surface area contributed by atoms with Gasteiger partial charge in [0, 0.05) is 43.4 Å². The molecule has 6 aliphatic rings. The quantitative estimate of drug-likeness (QED) is 0.445. The zero-order valence-electron chi connectivity index (χ0n) is 25.7. The van der Waals surface area contributed by atoms with Gasteiger partial charge >= 0.3 is 12.1 Å². The summed E-state index contributed by atoms with van der Waals surface area (Å²) in [6, 6.07) is -0.411. The lowest BCUT2D eigenvalue weighted by atomic mass is 9.98. The summed E-state index contributed by atoms with van der Waals surface area (Å²) in [5.41, 5.74) is -0.532. The fourth-order valence-corrected chi connectivity index (χ4v) is 8.35. The van der Waals surface area contributed by atoms with E-state index in [9.17, 15) is 4.79 Å². The van der Waals surface area contributed by atoms with E-state index < -0.39 is 17.5 Å². The highest BCUT2D eigenvalue weighted by Crippen LogP contribution is 2.49. The number of pyridine rings is 1. The first-order chi connectivity index (χ1) is 21.0. The maximum Gasteiger partial charge on any atom is 0.410 e. The maximum absolute atomic E-state index is 15.6. The maximum atomic E-state index is 15.6. The van der Waals surface area contributed by atoms with Crippen LogP contribution in [0.25, 0.3) is 10.9 Å². The Labute approximate surface area is 261 Å². The second-order valence-electron chi connectivity index (χ2n) is 14.8. The normalized spacial score (nSPS) is 31.9. The molecule has 0 radical (unpaired) electrons. The predicted octanol–water partition coefficient (Wildman–Crippen LogP) is 4.29. The highest BCUT2D eigenvalue weighted by atomic mass is 35.5. The predicted molar refractivity (Wildman–Crippen MR) is 160 cm³/mol. The molecular weight excluding hydrogens is 591 g/mol. The van der Waals surface area contributed by atoms with Gasteiger partial charge in [-0.3, -0.25) is 4.90 Å². The number of aromatic nitrogens is 3. The number of ether oxygens (including phenoxy) is 4. The van der Waals surface area contributed by atoms with Crippen LogP contribution in [-0.2, 0) is 9.47 Å². The van der Waals surface area contributed by atoms with Crippen LogP contribution >= 0.6 is 11.6 Å². The third kappa shape index (κ3) is 4.83. The van der Waals surface area contributed by atoms with Crippen molar-refractivity contribution in [1.29, 1.82) is 0 Å². The second kappa shape index (κ2) is 10.2. The van der Waals surface area contributed by atoms with Gasteiger partial charge in [-0.2, -0.15) is 15.0 Å². The Hall–Kier alpha value is -2.70. The van der Waals surface area contributed by atoms with E-state index in [1.165, 1.54) is 0 Å². The number of hydrogen-bond donors (Lipinski definition) is 0. The minimum absolute atomic E-state index is 0.0342. The number of likely N-dealkylation sites (tertiary alicyclic amines) is 1. The van der Waals surface area contributed by atoms with E-state index in [1.54, 1.807) is 0 Å². The SMILES string of the molecule is C[C@@H]1Oc2nc(Cl)c(F)c3nc(OCC4(CN5CC6COCC6C5)CC4)nc(c23)N2C[C@H]3CC[C@@H]([C@@H]12)N3C(=O)OC(C)(C)C. The third-order valence-corrected chi connectivity index (χ3v) is 10.6. The Bertz CT molecular complexity index is 1490. The number of fused-ring (bicyclic) bond motifs is 6. The number of nitrogens with zero attached hydrogens (tertiary/aromatic N) is 6. The van der Waals surface area contributed by atoms with E-state index in [0.717, 1.165) is 58.5 Å². The highest BCUT2D eigenvalue weighted by Gasteiger charge is 2.54. The van der Waals surface area contributed by atoms with Crippen LogP contribution < -0.4 is 14.4 Å². The van der Waals surface area contributed by atoms with Crippen molar-refractivity contribution in [1.82, 2.24) is 24.8 Å². The molecule has 7 heterocycles. The number of anilines is 1. The summed E-state index contributed by atoms with van der Waals surface area (Å²) in [6.45, 7) is 13.3. The molecule has 0 N–H and O–H groups in total. The smallest absolute Gasteiger partial charge is 0.410 e. The Morgan fingerprint density at radius 1 is 1.11 bits per heavy atom. The van der Waals surface area contributed by atoms with Crippen molar-refractivity contribution >= 4 is 34.4 Å². The minimum atomic E-state index is -0.726. The molecule has 4 saturated heterocycles. The number of rotatable bonds is 5. The summed E-state index contributed by atoms with van der Waals surface area (Å²) in [5, 5.41) is 0.0694. The fraction of sp³-hybridized carbons (Fsp3) is 0.742. The van der Waals surface area contributed by atoms with Crippen LogP contribution in [0.1, 0.15) is 53.4 Å². The van der Waals surface area contributed by atoms with Gasteiger partial charge in [-0.25, -0.2) is 9.18 Å². The van der Waals surface area contributed by atoms with Gasteiger partial charge in [0.1, 0.15) is 28.4 Å². The van der Waals surface area contributed by atoms with Crippen LogP contribution in [0, 0.1) is 23.1 Å². The monoisotopic (exact) mass is 630 g/mol. The fourth-order valence-electron chi connectivity index (χ4n) is 8.19. The molecule has 1 saturated carbocycles. The van der Waals surface area contributed by atoms with Crippen LogP contribution in [0.15, 0.2) is 0 Å². The third-order valence-electron chi connectivity index (χ3n) is 10.4. The van der Waals surface area contributed by atoms with E-state index in [1.807, 2.05) is 32.6 Å². The first-order valence-corrected chi connectivity index (χ1v) is 16.3. The van der Waals surface area contributed by atoms with E-state index in [4.69, 9.17) is 35.5 Å².